The smallest absolute Gasteiger partial charge is 0.0725 e. The normalized spacial score (nSPS) is 37.6. The number of hydrogen-bond donors (Lipinski definition) is 0. The molecule has 12 bridgehead atoms. The third-order valence-electron chi connectivity index (χ3n) is 24.8. The second-order valence-electron chi connectivity index (χ2n) is 32.4. The largest absolute Gasteiger partial charge is 0.287 e. The molecule has 4 heterocycles. The van der Waals surface area contributed by atoms with E-state index in [-0.39, 0.29) is 72.5 Å². The third kappa shape index (κ3) is 16.5. The molecule has 12 nitrogen and oxygen atoms in total. The van der Waals surface area contributed by atoms with Crippen LogP contribution in [0.3, 0.4) is 0 Å². The maximum Gasteiger partial charge on any atom is 0.0725 e. The van der Waals surface area contributed by atoms with Crippen LogP contribution in [0, 0.1) is 71.0 Å². The van der Waals surface area contributed by atoms with Gasteiger partial charge in [-0.1, -0.05) is 83.1 Å². The summed E-state index contributed by atoms with van der Waals surface area (Å²) in [5.41, 5.74) is 12.4. The summed E-state index contributed by atoms with van der Waals surface area (Å²) in [7, 11) is 0. The van der Waals surface area contributed by atoms with E-state index in [1.54, 1.807) is 0 Å². The standard InChI is InChI=1S/C84H108N12/c1-49-13-73-74(14-50(49)2)86-38-62-27-65-30-66(28-62)42-90-80-20-56(8)58(10)22-82(80)94-46-70-32-68-34-72(36-70)48-96-84-24-60(12)59(11)23-83(84)95-47-71-33-67(31-69(35-71)45-93-81-21-57(9)55(7)19-79(81)89-41-65)43-91-77-17-53(5)51(3)15-75(77)87-39-63-25-61(37-85-73)26-64(29-63)40-88-76-16-52(4)54(6)18-78(76)92-44-68/h25-60,73-84H,13-24H2,1-12H3. The molecule has 4 aromatic carbocycles. The van der Waals surface area contributed by atoms with Gasteiger partial charge in [-0.15, -0.1) is 0 Å². The van der Waals surface area contributed by atoms with Crippen LogP contribution in [-0.4, -0.2) is 147 Å². The van der Waals surface area contributed by atoms with Crippen LogP contribution < -0.4 is 0 Å². The van der Waals surface area contributed by atoms with Crippen LogP contribution in [0.1, 0.15) is 227 Å². The second-order valence-corrected chi connectivity index (χ2v) is 32.4. The van der Waals surface area contributed by atoms with Gasteiger partial charge in [-0.25, -0.2) is 0 Å². The summed E-state index contributed by atoms with van der Waals surface area (Å²) in [6.07, 6.45) is 37.0. The fraction of sp³-hybridized carbons (Fsp3) is 0.571. The van der Waals surface area contributed by atoms with Gasteiger partial charge >= 0.3 is 0 Å². The molecule has 96 heavy (non-hydrogen) atoms. The molecule has 6 fully saturated rings. The van der Waals surface area contributed by atoms with Crippen LogP contribution in [0.5, 0.6) is 0 Å². The lowest BCUT2D eigenvalue weighted by molar-refractivity contribution is 0.227. The molecule has 0 saturated heterocycles. The molecule has 0 aromatic heterocycles. The van der Waals surface area contributed by atoms with Crippen LogP contribution in [-0.2, 0) is 0 Å². The van der Waals surface area contributed by atoms with Gasteiger partial charge in [-0.2, -0.15) is 0 Å². The van der Waals surface area contributed by atoms with Crippen molar-refractivity contribution in [3.8, 4) is 0 Å². The molecule has 0 radical (unpaired) electrons. The van der Waals surface area contributed by atoms with Crippen LogP contribution in [0.4, 0.5) is 0 Å². The summed E-state index contributed by atoms with van der Waals surface area (Å²) in [6, 6.07) is 27.2. The van der Waals surface area contributed by atoms with Crippen LogP contribution in [0.15, 0.2) is 133 Å². The van der Waals surface area contributed by atoms with Gasteiger partial charge in [0, 0.05) is 74.6 Å². The zero-order valence-electron chi connectivity index (χ0n) is 59.6. The van der Waals surface area contributed by atoms with Crippen molar-refractivity contribution in [2.24, 2.45) is 131 Å². The molecule has 4 aromatic rings. The van der Waals surface area contributed by atoms with E-state index in [1.165, 1.54) is 0 Å². The zero-order chi connectivity index (χ0) is 66.7. The van der Waals surface area contributed by atoms with E-state index in [2.05, 4.69) is 230 Å². The van der Waals surface area contributed by atoms with Gasteiger partial charge in [0.25, 0.3) is 0 Å². The summed E-state index contributed by atoms with van der Waals surface area (Å²) in [6.45, 7) is 28.7. The molecule has 24 atom stereocenters. The molecule has 4 aliphatic heterocycles. The first-order valence-corrected chi connectivity index (χ1v) is 37.3. The van der Waals surface area contributed by atoms with Crippen molar-refractivity contribution in [1.82, 2.24) is 0 Å². The number of rotatable bonds is 0. The highest BCUT2D eigenvalue weighted by Crippen LogP contribution is 2.40. The van der Waals surface area contributed by atoms with Crippen molar-refractivity contribution in [1.29, 1.82) is 0 Å². The van der Waals surface area contributed by atoms with Crippen molar-refractivity contribution in [3.63, 3.8) is 0 Å². The third-order valence-corrected chi connectivity index (χ3v) is 24.8. The van der Waals surface area contributed by atoms with Gasteiger partial charge in [0.1, 0.15) is 0 Å². The molecule has 6 aliphatic carbocycles. The maximum atomic E-state index is 5.56. The molecule has 24 unspecified atom stereocenters. The topological polar surface area (TPSA) is 148 Å². The van der Waals surface area contributed by atoms with Crippen LogP contribution >= 0.6 is 0 Å². The van der Waals surface area contributed by atoms with Crippen LogP contribution in [0.25, 0.3) is 0 Å². The lowest BCUT2D eigenvalue weighted by atomic mass is 9.76. The zero-order valence-corrected chi connectivity index (χ0v) is 59.6. The molecule has 14 rings (SSSR count). The number of hydrogen-bond acceptors (Lipinski definition) is 12. The molecule has 0 N–H and O–H groups in total. The average Bonchev–Trinajstić information content (AvgIpc) is 0.901. The van der Waals surface area contributed by atoms with E-state index in [0.29, 0.717) is 71.0 Å². The summed E-state index contributed by atoms with van der Waals surface area (Å²) in [4.78, 5) is 66.7. The molecule has 10 aliphatic rings. The highest BCUT2D eigenvalue weighted by atomic mass is 15.0. The van der Waals surface area contributed by atoms with Gasteiger partial charge < -0.3 is 0 Å². The maximum absolute atomic E-state index is 5.56. The molecule has 504 valence electrons. The van der Waals surface area contributed by atoms with E-state index in [4.69, 9.17) is 59.9 Å². The van der Waals surface area contributed by atoms with E-state index < -0.39 is 0 Å². The number of aliphatic imine (C=N–C) groups is 12. The molecular formula is C84H108N12. The Balaban J connectivity index is 1.04. The Bertz CT molecular complexity index is 2870. The van der Waals surface area contributed by atoms with Crippen molar-refractivity contribution in [2.45, 2.75) is 233 Å². The molecule has 6 saturated carbocycles. The van der Waals surface area contributed by atoms with Crippen LogP contribution in [0.2, 0.25) is 0 Å². The Kier molecular flexibility index (Phi) is 21.1. The summed E-state index contributed by atoms with van der Waals surface area (Å²) < 4.78 is 0. The Morgan fingerprint density at radius 1 is 0.146 bits per heavy atom. The number of benzene rings is 4. The Labute approximate surface area is 574 Å². The van der Waals surface area contributed by atoms with Gasteiger partial charge in [0.2, 0.25) is 0 Å². The Morgan fingerprint density at radius 2 is 0.219 bits per heavy atom. The summed E-state index contributed by atoms with van der Waals surface area (Å²) in [5, 5.41) is 0. The molecule has 12 heteroatoms. The average molecular weight is 1290 g/mol. The fourth-order valence-electron chi connectivity index (χ4n) is 17.1. The van der Waals surface area contributed by atoms with E-state index in [0.717, 1.165) is 144 Å². The van der Waals surface area contributed by atoms with Gasteiger partial charge in [0.15, 0.2) is 0 Å². The minimum atomic E-state index is 0.00389. The van der Waals surface area contributed by atoms with Gasteiger partial charge in [-0.3, -0.25) is 59.9 Å². The first kappa shape index (κ1) is 67.5. The van der Waals surface area contributed by atoms with E-state index >= 15 is 0 Å². The highest BCUT2D eigenvalue weighted by Gasteiger charge is 2.38. The first-order valence-electron chi connectivity index (χ1n) is 37.3. The van der Waals surface area contributed by atoms with Crippen molar-refractivity contribution in [2.75, 3.05) is 0 Å². The van der Waals surface area contributed by atoms with Gasteiger partial charge in [0.05, 0.1) is 72.5 Å². The lowest BCUT2D eigenvalue weighted by Gasteiger charge is -2.35. The Morgan fingerprint density at radius 3 is 0.292 bits per heavy atom. The fourth-order valence-corrected chi connectivity index (χ4v) is 17.1. The lowest BCUT2D eigenvalue weighted by Crippen LogP contribution is -2.35. The van der Waals surface area contributed by atoms with Gasteiger partial charge in [-0.05, 0) is 288 Å². The van der Waals surface area contributed by atoms with E-state index in [9.17, 15) is 0 Å². The van der Waals surface area contributed by atoms with Crippen molar-refractivity contribution < 1.29 is 0 Å². The minimum Gasteiger partial charge on any atom is -0.287 e. The van der Waals surface area contributed by atoms with Crippen molar-refractivity contribution in [3.05, 3.63) is 140 Å². The predicted molar refractivity (Wildman–Crippen MR) is 408 cm³/mol. The second kappa shape index (κ2) is 30.0. The highest BCUT2D eigenvalue weighted by molar-refractivity contribution is 5.96. The summed E-state index contributed by atoms with van der Waals surface area (Å²) >= 11 is 0. The summed E-state index contributed by atoms with van der Waals surface area (Å²) in [5.74, 6) is 6.09. The SMILES string of the molecule is CC1CC2N=Cc3cc4cc(c3)C=NC3CC(C)C(C)CC3N=Cc3cc5cc(c3)C=NC3CC(C)C(C)CC3N=Cc3cc(cc(c3)C=NC3CC(C)C(C)CC3N=Cc3cc(cc(c3)C=NC3CC(C)C(C)CC3N=C5)C=NC2CC1C)C=NC1CC(C)C(C)CC1N=C4. The predicted octanol–water partition coefficient (Wildman–Crippen LogP) is 16.7. The number of nitrogens with zero attached hydrogens (tertiary/aromatic N) is 12. The molecule has 0 amide bonds. The quantitative estimate of drug-likeness (QED) is 0.165. The first-order chi connectivity index (χ1) is 46.3. The Hall–Kier alpha value is -7.08. The van der Waals surface area contributed by atoms with E-state index in [1.807, 2.05) is 0 Å². The molecular weight excluding hydrogens is 1180 g/mol. The monoisotopic (exact) mass is 1280 g/mol. The van der Waals surface area contributed by atoms with Crippen molar-refractivity contribution >= 4 is 74.6 Å². The minimum absolute atomic E-state index is 0.00389. The molecule has 0 spiro atoms.